The molecule has 1 fully saturated rings. The van der Waals surface area contributed by atoms with Crippen molar-refractivity contribution in [3.63, 3.8) is 0 Å². The Hall–Kier alpha value is -2.13. The van der Waals surface area contributed by atoms with Gasteiger partial charge in [-0.15, -0.1) is 0 Å². The molecular weight excluding hydrogens is 322 g/mol. The maximum absolute atomic E-state index is 13.0. The fourth-order valence-corrected chi connectivity index (χ4v) is 3.70. The van der Waals surface area contributed by atoms with Crippen LogP contribution in [0.2, 0.25) is 0 Å². The van der Waals surface area contributed by atoms with Gasteiger partial charge in [-0.2, -0.15) is 0 Å². The predicted molar refractivity (Wildman–Crippen MR) is 105 cm³/mol. The second-order valence-electron chi connectivity index (χ2n) is 7.25. The summed E-state index contributed by atoms with van der Waals surface area (Å²) >= 11 is 0. The first-order valence-corrected chi connectivity index (χ1v) is 9.78. The summed E-state index contributed by atoms with van der Waals surface area (Å²) in [6.45, 7) is 2.69. The third kappa shape index (κ3) is 5.18. The molecule has 2 aromatic carbocycles. The molecule has 0 heterocycles. The van der Waals surface area contributed by atoms with E-state index in [1.807, 2.05) is 67.6 Å². The average molecular weight is 351 g/mol. The topological polar surface area (TPSA) is 38.3 Å². The van der Waals surface area contributed by atoms with E-state index in [-0.39, 0.29) is 18.0 Å². The Morgan fingerprint density at radius 1 is 0.962 bits per heavy atom. The molecule has 1 saturated carbocycles. The maximum atomic E-state index is 13.0. The van der Waals surface area contributed by atoms with Crippen molar-refractivity contribution in [1.82, 2.24) is 5.32 Å². The van der Waals surface area contributed by atoms with Crippen LogP contribution in [0.15, 0.2) is 60.7 Å². The van der Waals surface area contributed by atoms with E-state index >= 15 is 0 Å². The molecule has 3 heteroatoms. The van der Waals surface area contributed by atoms with Crippen molar-refractivity contribution in [1.29, 1.82) is 0 Å². The highest BCUT2D eigenvalue weighted by Crippen LogP contribution is 2.26. The summed E-state index contributed by atoms with van der Waals surface area (Å²) in [5, 5.41) is 3.57. The molecule has 0 aromatic heterocycles. The van der Waals surface area contributed by atoms with Crippen molar-refractivity contribution in [2.45, 2.75) is 57.1 Å². The number of carbonyl (C=O) groups excluding carboxylic acids is 1. The van der Waals surface area contributed by atoms with Crippen LogP contribution in [0.3, 0.4) is 0 Å². The molecule has 2 aromatic rings. The van der Waals surface area contributed by atoms with Crippen molar-refractivity contribution in [2.75, 3.05) is 6.54 Å². The van der Waals surface area contributed by atoms with E-state index in [2.05, 4.69) is 5.32 Å². The summed E-state index contributed by atoms with van der Waals surface area (Å²) in [4.78, 5) is 13.0. The summed E-state index contributed by atoms with van der Waals surface area (Å²) in [5.41, 5.74) is 1.94. The van der Waals surface area contributed by atoms with Gasteiger partial charge in [0.05, 0.1) is 0 Å². The van der Waals surface area contributed by atoms with Crippen LogP contribution in [-0.2, 0) is 9.53 Å². The van der Waals surface area contributed by atoms with Crippen molar-refractivity contribution in [3.8, 4) is 0 Å². The summed E-state index contributed by atoms with van der Waals surface area (Å²) in [7, 11) is 0. The maximum Gasteiger partial charge on any atom is 0.318 e. The van der Waals surface area contributed by atoms with E-state index in [4.69, 9.17) is 4.74 Å². The van der Waals surface area contributed by atoms with Crippen LogP contribution in [0.1, 0.15) is 56.1 Å². The Bertz CT molecular complexity index is 626. The molecule has 0 spiro atoms. The van der Waals surface area contributed by atoms with Crippen molar-refractivity contribution < 1.29 is 9.53 Å². The minimum atomic E-state index is -0.380. The normalized spacial score (nSPS) is 16.4. The van der Waals surface area contributed by atoms with Gasteiger partial charge < -0.3 is 10.1 Å². The quantitative estimate of drug-likeness (QED) is 0.737. The summed E-state index contributed by atoms with van der Waals surface area (Å²) < 4.78 is 5.81. The molecule has 0 unspecified atom stereocenters. The highest BCUT2D eigenvalue weighted by Gasteiger charge is 2.26. The zero-order valence-electron chi connectivity index (χ0n) is 15.6. The molecule has 1 atom stereocenters. The molecule has 0 radical (unpaired) electrons. The third-order valence-electron chi connectivity index (χ3n) is 5.12. The first-order chi connectivity index (χ1) is 12.7. The molecule has 26 heavy (non-hydrogen) atoms. The Morgan fingerprint density at radius 3 is 2.04 bits per heavy atom. The highest BCUT2D eigenvalue weighted by molar-refractivity contribution is 5.82. The molecule has 3 nitrogen and oxygen atoms in total. The zero-order chi connectivity index (χ0) is 18.2. The number of benzene rings is 2. The van der Waals surface area contributed by atoms with Crippen LogP contribution in [0.4, 0.5) is 0 Å². The summed E-state index contributed by atoms with van der Waals surface area (Å²) in [6, 6.07) is 20.3. The van der Waals surface area contributed by atoms with E-state index in [0.717, 1.165) is 11.1 Å². The summed E-state index contributed by atoms with van der Waals surface area (Å²) in [5.74, 6) is -0.560. The Labute approximate surface area is 156 Å². The van der Waals surface area contributed by atoms with Crippen LogP contribution >= 0.6 is 0 Å². The first-order valence-electron chi connectivity index (χ1n) is 9.78. The second kappa shape index (κ2) is 9.54. The van der Waals surface area contributed by atoms with Gasteiger partial charge in [0.15, 0.2) is 0 Å². The number of rotatable bonds is 7. The molecule has 1 aliphatic rings. The lowest BCUT2D eigenvalue weighted by Gasteiger charge is -2.25. The van der Waals surface area contributed by atoms with Gasteiger partial charge in [-0.25, -0.2) is 0 Å². The summed E-state index contributed by atoms with van der Waals surface area (Å²) in [6.07, 6.45) is 6.28. The fraction of sp³-hybridized carbons (Fsp3) is 0.435. The molecule has 1 N–H and O–H groups in total. The fourth-order valence-electron chi connectivity index (χ4n) is 3.70. The number of esters is 1. The molecular formula is C23H29NO2. The van der Waals surface area contributed by atoms with Gasteiger partial charge in [-0.3, -0.25) is 4.79 Å². The van der Waals surface area contributed by atoms with Gasteiger partial charge >= 0.3 is 5.97 Å². The Balaban J connectivity index is 1.63. The van der Waals surface area contributed by atoms with Gasteiger partial charge in [-0.1, -0.05) is 79.9 Å². The van der Waals surface area contributed by atoms with Gasteiger partial charge in [0.25, 0.3) is 0 Å². The van der Waals surface area contributed by atoms with Gasteiger partial charge in [0, 0.05) is 12.6 Å². The second-order valence-corrected chi connectivity index (χ2v) is 7.25. The van der Waals surface area contributed by atoms with Crippen LogP contribution in [-0.4, -0.2) is 24.7 Å². The van der Waals surface area contributed by atoms with Gasteiger partial charge in [0.2, 0.25) is 0 Å². The van der Waals surface area contributed by atoms with E-state index in [9.17, 15) is 4.79 Å². The first kappa shape index (κ1) is 18.7. The lowest BCUT2D eigenvalue weighted by atomic mass is 9.91. The molecule has 0 amide bonds. The SMILES string of the molecule is C[C@@H](CNC1CCCCC1)OC(=O)C(c1ccccc1)c1ccccc1. The molecule has 138 valence electrons. The molecule has 0 bridgehead atoms. The average Bonchev–Trinajstić information content (AvgIpc) is 2.69. The standard InChI is InChI=1S/C23H29NO2/c1-18(17-24-21-15-9-4-10-16-21)26-23(25)22(19-11-5-2-6-12-19)20-13-7-3-8-14-20/h2-3,5-8,11-14,18,21-22,24H,4,9-10,15-17H2,1H3/t18-/m0/s1. The third-order valence-corrected chi connectivity index (χ3v) is 5.12. The Kier molecular flexibility index (Phi) is 6.84. The number of hydrogen-bond donors (Lipinski definition) is 1. The molecule has 1 aliphatic carbocycles. The lowest BCUT2D eigenvalue weighted by molar-refractivity contribution is -0.148. The predicted octanol–water partition coefficient (Wildman–Crippen LogP) is 4.67. The van der Waals surface area contributed by atoms with Crippen molar-refractivity contribution >= 4 is 5.97 Å². The van der Waals surface area contributed by atoms with Crippen LogP contribution in [0.25, 0.3) is 0 Å². The van der Waals surface area contributed by atoms with Gasteiger partial charge in [0.1, 0.15) is 12.0 Å². The van der Waals surface area contributed by atoms with Crippen LogP contribution in [0.5, 0.6) is 0 Å². The van der Waals surface area contributed by atoms with Crippen molar-refractivity contribution in [2.24, 2.45) is 0 Å². The molecule has 0 aliphatic heterocycles. The number of hydrogen-bond acceptors (Lipinski definition) is 3. The number of carbonyl (C=O) groups is 1. The largest absolute Gasteiger partial charge is 0.461 e. The van der Waals surface area contributed by atoms with E-state index in [0.29, 0.717) is 12.6 Å². The van der Waals surface area contributed by atoms with Gasteiger partial charge in [-0.05, 0) is 30.9 Å². The molecule has 3 rings (SSSR count). The number of nitrogens with one attached hydrogen (secondary N) is 1. The minimum Gasteiger partial charge on any atom is -0.461 e. The monoisotopic (exact) mass is 351 g/mol. The van der Waals surface area contributed by atoms with E-state index in [1.54, 1.807) is 0 Å². The smallest absolute Gasteiger partial charge is 0.318 e. The zero-order valence-corrected chi connectivity index (χ0v) is 15.6. The Morgan fingerprint density at radius 2 is 1.50 bits per heavy atom. The van der Waals surface area contributed by atoms with E-state index < -0.39 is 0 Å². The van der Waals surface area contributed by atoms with Crippen molar-refractivity contribution in [3.05, 3.63) is 71.8 Å². The van der Waals surface area contributed by atoms with E-state index in [1.165, 1.54) is 32.1 Å². The van der Waals surface area contributed by atoms with Crippen LogP contribution in [0, 0.1) is 0 Å². The minimum absolute atomic E-state index is 0.139. The van der Waals surface area contributed by atoms with Crippen LogP contribution < -0.4 is 5.32 Å². The number of ether oxygens (including phenoxy) is 1. The lowest BCUT2D eigenvalue weighted by Crippen LogP contribution is -2.38. The molecule has 0 saturated heterocycles. The highest BCUT2D eigenvalue weighted by atomic mass is 16.5.